The van der Waals surface area contributed by atoms with E-state index >= 15 is 0 Å². The van der Waals surface area contributed by atoms with Crippen LogP contribution in [0.3, 0.4) is 0 Å². The second-order valence-electron chi connectivity index (χ2n) is 8.93. The van der Waals surface area contributed by atoms with Crippen LogP contribution < -0.4 is 0 Å². The van der Waals surface area contributed by atoms with Crippen molar-refractivity contribution in [3.05, 3.63) is 16.1 Å². The number of aromatic nitrogens is 1. The summed E-state index contributed by atoms with van der Waals surface area (Å²) < 4.78 is 31.7. The largest absolute Gasteiger partial charge is 0.490 e. The minimum atomic E-state index is -5.08. The van der Waals surface area contributed by atoms with Gasteiger partial charge in [0.1, 0.15) is 0 Å². The van der Waals surface area contributed by atoms with Crippen LogP contribution in [-0.2, 0) is 16.1 Å². The molecule has 3 fully saturated rings. The summed E-state index contributed by atoms with van der Waals surface area (Å²) in [6, 6.07) is 0. The van der Waals surface area contributed by atoms with Crippen molar-refractivity contribution in [1.29, 1.82) is 0 Å². The van der Waals surface area contributed by atoms with Gasteiger partial charge in [-0.3, -0.25) is 9.69 Å². The number of alkyl halides is 3. The van der Waals surface area contributed by atoms with Crippen molar-refractivity contribution in [3.63, 3.8) is 0 Å². The van der Waals surface area contributed by atoms with Crippen molar-refractivity contribution in [2.75, 3.05) is 26.2 Å². The van der Waals surface area contributed by atoms with Crippen LogP contribution in [0.15, 0.2) is 6.20 Å². The zero-order valence-corrected chi connectivity index (χ0v) is 18.6. The number of carboxylic acid groups (broad SMARTS) is 1. The van der Waals surface area contributed by atoms with Crippen molar-refractivity contribution in [2.45, 2.75) is 64.6 Å². The SMILES string of the molecule is Cc1ncc(CN2CCCC3(C2)CN(CC2CCCCC2)C3=O)s1.O=C(O)C(F)(F)F. The van der Waals surface area contributed by atoms with Crippen LogP contribution in [0.5, 0.6) is 0 Å². The minimum absolute atomic E-state index is 0.0628. The number of aliphatic carboxylic acids is 1. The molecule has 2 saturated heterocycles. The molecule has 6 nitrogen and oxygen atoms in total. The third kappa shape index (κ3) is 6.19. The highest BCUT2D eigenvalue weighted by Gasteiger charge is 2.53. The summed E-state index contributed by atoms with van der Waals surface area (Å²) in [5, 5.41) is 8.26. The molecular formula is C21H30F3N3O3S. The number of rotatable bonds is 4. The first kappa shape index (κ1) is 24.0. The van der Waals surface area contributed by atoms with E-state index in [2.05, 4.69) is 21.7 Å². The van der Waals surface area contributed by atoms with E-state index in [1.54, 1.807) is 11.3 Å². The van der Waals surface area contributed by atoms with Crippen molar-refractivity contribution in [2.24, 2.45) is 11.3 Å². The number of hydrogen-bond acceptors (Lipinski definition) is 5. The molecule has 3 aliphatic rings. The second-order valence-corrected chi connectivity index (χ2v) is 10.3. The molecule has 3 heterocycles. The maximum atomic E-state index is 12.9. The Kier molecular flexibility index (Phi) is 7.62. The lowest BCUT2D eigenvalue weighted by molar-refractivity contribution is -0.192. The van der Waals surface area contributed by atoms with Crippen LogP contribution in [0.1, 0.15) is 54.8 Å². The van der Waals surface area contributed by atoms with Crippen LogP contribution in [-0.4, -0.2) is 64.1 Å². The molecule has 1 unspecified atom stereocenters. The third-order valence-electron chi connectivity index (χ3n) is 6.38. The summed E-state index contributed by atoms with van der Waals surface area (Å²) in [5.74, 6) is -1.55. The Bertz CT molecular complexity index is 779. The van der Waals surface area contributed by atoms with Crippen molar-refractivity contribution < 1.29 is 27.9 Å². The van der Waals surface area contributed by atoms with Crippen molar-refractivity contribution in [3.8, 4) is 0 Å². The Balaban J connectivity index is 0.000000339. The van der Waals surface area contributed by atoms with Gasteiger partial charge in [-0.15, -0.1) is 11.3 Å². The van der Waals surface area contributed by atoms with E-state index in [0.717, 1.165) is 56.5 Å². The molecule has 1 amide bonds. The number of halogens is 3. The van der Waals surface area contributed by atoms with Crippen molar-refractivity contribution in [1.82, 2.24) is 14.8 Å². The van der Waals surface area contributed by atoms with E-state index in [4.69, 9.17) is 9.90 Å². The predicted molar refractivity (Wildman–Crippen MR) is 111 cm³/mol. The van der Waals surface area contributed by atoms with Crippen LogP contribution in [0.25, 0.3) is 0 Å². The smallest absolute Gasteiger partial charge is 0.475 e. The van der Waals surface area contributed by atoms with E-state index in [9.17, 15) is 18.0 Å². The lowest BCUT2D eigenvalue weighted by atomic mass is 9.71. The molecule has 1 aromatic heterocycles. The normalized spacial score (nSPS) is 25.2. The number of aryl methyl sites for hydroxylation is 1. The van der Waals surface area contributed by atoms with E-state index in [1.807, 2.05) is 6.20 Å². The van der Waals surface area contributed by atoms with E-state index < -0.39 is 12.1 Å². The van der Waals surface area contributed by atoms with Gasteiger partial charge in [0.25, 0.3) is 0 Å². The molecule has 0 aromatic carbocycles. The first-order valence-electron chi connectivity index (χ1n) is 10.8. The fraction of sp³-hybridized carbons (Fsp3) is 0.762. The second kappa shape index (κ2) is 9.85. The number of β-lactam (4-membered cyclic amide) rings is 1. The molecule has 10 heteroatoms. The topological polar surface area (TPSA) is 73.7 Å². The number of amides is 1. The number of carbonyl (C=O) groups excluding carboxylic acids is 1. The molecular weight excluding hydrogens is 431 g/mol. The van der Waals surface area contributed by atoms with Gasteiger partial charge in [-0.2, -0.15) is 13.2 Å². The molecule has 1 saturated carbocycles. The number of hydrogen-bond donors (Lipinski definition) is 1. The Morgan fingerprint density at radius 2 is 1.94 bits per heavy atom. The summed E-state index contributed by atoms with van der Waals surface area (Å²) in [6.45, 7) is 7.11. The molecule has 0 radical (unpaired) electrons. The monoisotopic (exact) mass is 461 g/mol. The summed E-state index contributed by atoms with van der Waals surface area (Å²) in [4.78, 5) is 32.1. The van der Waals surface area contributed by atoms with Gasteiger partial charge in [0, 0.05) is 37.3 Å². The maximum Gasteiger partial charge on any atom is 0.490 e. The fourth-order valence-corrected chi connectivity index (χ4v) is 5.78. The minimum Gasteiger partial charge on any atom is -0.475 e. The number of likely N-dealkylation sites (tertiary alicyclic amines) is 2. The van der Waals surface area contributed by atoms with Crippen LogP contribution in [0.2, 0.25) is 0 Å². The first-order chi connectivity index (χ1) is 14.6. The summed E-state index contributed by atoms with van der Waals surface area (Å²) >= 11 is 1.78. The zero-order valence-electron chi connectivity index (χ0n) is 17.8. The van der Waals surface area contributed by atoms with Crippen LogP contribution >= 0.6 is 11.3 Å². The Morgan fingerprint density at radius 1 is 1.26 bits per heavy atom. The number of nitrogens with zero attached hydrogens (tertiary/aromatic N) is 3. The Labute approximate surface area is 184 Å². The van der Waals surface area contributed by atoms with Crippen LogP contribution in [0.4, 0.5) is 13.2 Å². The van der Waals surface area contributed by atoms with E-state index in [0.29, 0.717) is 5.91 Å². The molecule has 1 atom stereocenters. The summed E-state index contributed by atoms with van der Waals surface area (Å²) in [5.41, 5.74) is -0.0628. The summed E-state index contributed by atoms with van der Waals surface area (Å²) in [6.07, 6.45) is 5.92. The predicted octanol–water partition coefficient (Wildman–Crippen LogP) is 4.09. The van der Waals surface area contributed by atoms with Crippen molar-refractivity contribution >= 4 is 23.2 Å². The molecule has 1 aliphatic carbocycles. The third-order valence-corrected chi connectivity index (χ3v) is 7.28. The highest BCUT2D eigenvalue weighted by atomic mass is 32.1. The van der Waals surface area contributed by atoms with Gasteiger partial charge >= 0.3 is 12.1 Å². The lowest BCUT2D eigenvalue weighted by Crippen LogP contribution is -2.67. The fourth-order valence-electron chi connectivity index (χ4n) is 4.94. The highest BCUT2D eigenvalue weighted by Crippen LogP contribution is 2.42. The molecule has 0 bridgehead atoms. The lowest BCUT2D eigenvalue weighted by Gasteiger charge is -2.54. The highest BCUT2D eigenvalue weighted by molar-refractivity contribution is 7.11. The average molecular weight is 462 g/mol. The van der Waals surface area contributed by atoms with Crippen LogP contribution in [0, 0.1) is 18.3 Å². The number of carboxylic acids is 1. The molecule has 31 heavy (non-hydrogen) atoms. The van der Waals surface area contributed by atoms with E-state index in [-0.39, 0.29) is 5.41 Å². The van der Waals surface area contributed by atoms with Gasteiger partial charge < -0.3 is 10.0 Å². The van der Waals surface area contributed by atoms with Gasteiger partial charge in [-0.25, -0.2) is 9.78 Å². The Hall–Kier alpha value is -1.68. The van der Waals surface area contributed by atoms with Gasteiger partial charge in [-0.1, -0.05) is 19.3 Å². The molecule has 1 spiro atoms. The Morgan fingerprint density at radius 3 is 2.48 bits per heavy atom. The molecule has 1 N–H and O–H groups in total. The average Bonchev–Trinajstić information content (AvgIpc) is 3.13. The standard InChI is InChI=1S/C19H29N3OS.C2HF3O2/c1-15-20-10-17(24-15)12-21-9-5-8-19(13-21)14-22(18(19)23)11-16-6-3-2-4-7-16;3-2(4,5)1(6)7/h10,16H,2-9,11-14H2,1H3;(H,6,7). The molecule has 174 valence electrons. The molecule has 4 rings (SSSR count). The van der Waals surface area contributed by atoms with Gasteiger partial charge in [0.05, 0.1) is 10.4 Å². The number of thiazole rings is 1. The number of carbonyl (C=O) groups is 2. The maximum absolute atomic E-state index is 12.9. The van der Waals surface area contributed by atoms with Gasteiger partial charge in [0.2, 0.25) is 5.91 Å². The quantitative estimate of drug-likeness (QED) is 0.684. The first-order valence-corrected chi connectivity index (χ1v) is 11.6. The number of piperidine rings is 1. The zero-order chi connectivity index (χ0) is 22.6. The van der Waals surface area contributed by atoms with Gasteiger partial charge in [0.15, 0.2) is 0 Å². The molecule has 1 aromatic rings. The van der Waals surface area contributed by atoms with Gasteiger partial charge in [-0.05, 0) is 45.1 Å². The molecule has 2 aliphatic heterocycles. The summed E-state index contributed by atoms with van der Waals surface area (Å²) in [7, 11) is 0. The van der Waals surface area contributed by atoms with E-state index in [1.165, 1.54) is 37.0 Å².